The van der Waals surface area contributed by atoms with Gasteiger partial charge in [-0.1, -0.05) is 6.07 Å². The van der Waals surface area contributed by atoms with Gasteiger partial charge >= 0.3 is 12.0 Å². The lowest BCUT2D eigenvalue weighted by molar-refractivity contribution is -0.138. The van der Waals surface area contributed by atoms with Crippen LogP contribution in [0.2, 0.25) is 0 Å². The van der Waals surface area contributed by atoms with Crippen LogP contribution >= 0.6 is 0 Å². The summed E-state index contributed by atoms with van der Waals surface area (Å²) >= 11 is 0. The molecule has 1 aromatic heterocycles. The van der Waals surface area contributed by atoms with Gasteiger partial charge < -0.3 is 15.3 Å². The molecule has 2 N–H and O–H groups in total. The number of amides is 2. The molecule has 1 unspecified atom stereocenters. The first-order valence-electron chi connectivity index (χ1n) is 6.69. The second-order valence-corrected chi connectivity index (χ2v) is 4.58. The van der Waals surface area contributed by atoms with Crippen LogP contribution in [0.4, 0.5) is 4.79 Å². The van der Waals surface area contributed by atoms with Gasteiger partial charge in [0.2, 0.25) is 0 Å². The van der Waals surface area contributed by atoms with E-state index in [1.807, 2.05) is 19.1 Å². The minimum absolute atomic E-state index is 0.0517. The predicted octanol–water partition coefficient (Wildman–Crippen LogP) is 1.52. The Balaban J connectivity index is 2.41. The molecule has 0 fully saturated rings. The molecule has 2 amide bonds. The summed E-state index contributed by atoms with van der Waals surface area (Å²) in [6.07, 6.45) is 4.11. The van der Waals surface area contributed by atoms with Gasteiger partial charge in [-0.25, -0.2) is 4.79 Å². The van der Waals surface area contributed by atoms with Crippen molar-refractivity contribution in [2.24, 2.45) is 0 Å². The van der Waals surface area contributed by atoms with Crippen molar-refractivity contribution in [3.63, 3.8) is 0 Å². The van der Waals surface area contributed by atoms with E-state index in [4.69, 9.17) is 5.11 Å². The Bertz CT molecular complexity index is 437. The maximum Gasteiger partial charge on any atom is 0.317 e. The fourth-order valence-corrected chi connectivity index (χ4v) is 1.98. The zero-order valence-corrected chi connectivity index (χ0v) is 11.9. The van der Waals surface area contributed by atoms with E-state index in [-0.39, 0.29) is 18.5 Å². The molecule has 0 spiro atoms. The molecule has 0 saturated carbocycles. The second-order valence-electron chi connectivity index (χ2n) is 4.58. The van der Waals surface area contributed by atoms with Crippen molar-refractivity contribution < 1.29 is 14.7 Å². The van der Waals surface area contributed by atoms with Crippen LogP contribution in [0, 0.1) is 0 Å². The molecule has 6 nitrogen and oxygen atoms in total. The minimum Gasteiger partial charge on any atom is -0.481 e. The standard InChI is InChI=1S/C14H21N3O3/c1-3-17(11(2)9-13(18)19)14(20)16-8-6-12-5-4-7-15-10-12/h4-5,7,10-11H,3,6,8-9H2,1-2H3,(H,16,20)(H,18,19). The molecule has 0 bridgehead atoms. The number of aromatic nitrogens is 1. The topological polar surface area (TPSA) is 82.5 Å². The second kappa shape index (κ2) is 8.14. The van der Waals surface area contributed by atoms with E-state index in [9.17, 15) is 9.59 Å². The normalized spacial score (nSPS) is 11.7. The number of hydrogen-bond donors (Lipinski definition) is 2. The van der Waals surface area contributed by atoms with Gasteiger partial charge in [0.05, 0.1) is 6.42 Å². The molecule has 1 aromatic rings. The number of nitrogens with one attached hydrogen (secondary N) is 1. The first-order chi connectivity index (χ1) is 9.54. The number of carboxylic acid groups (broad SMARTS) is 1. The van der Waals surface area contributed by atoms with E-state index >= 15 is 0 Å². The van der Waals surface area contributed by atoms with Crippen molar-refractivity contribution in [2.75, 3.05) is 13.1 Å². The summed E-state index contributed by atoms with van der Waals surface area (Å²) in [7, 11) is 0. The summed E-state index contributed by atoms with van der Waals surface area (Å²) < 4.78 is 0. The minimum atomic E-state index is -0.904. The van der Waals surface area contributed by atoms with E-state index < -0.39 is 5.97 Å². The lowest BCUT2D eigenvalue weighted by atomic mass is 10.2. The van der Waals surface area contributed by atoms with Crippen molar-refractivity contribution in [1.29, 1.82) is 0 Å². The average molecular weight is 279 g/mol. The van der Waals surface area contributed by atoms with Crippen LogP contribution in [-0.2, 0) is 11.2 Å². The van der Waals surface area contributed by atoms with Gasteiger partial charge in [-0.3, -0.25) is 9.78 Å². The highest BCUT2D eigenvalue weighted by Crippen LogP contribution is 2.04. The van der Waals surface area contributed by atoms with Gasteiger partial charge in [0.25, 0.3) is 0 Å². The fraction of sp³-hybridized carbons (Fsp3) is 0.500. The smallest absolute Gasteiger partial charge is 0.317 e. The molecular formula is C14H21N3O3. The summed E-state index contributed by atoms with van der Waals surface area (Å²) in [6, 6.07) is 3.25. The van der Waals surface area contributed by atoms with Gasteiger partial charge in [0.1, 0.15) is 0 Å². The highest BCUT2D eigenvalue weighted by atomic mass is 16.4. The first-order valence-corrected chi connectivity index (χ1v) is 6.69. The quantitative estimate of drug-likeness (QED) is 0.792. The third kappa shape index (κ3) is 5.26. The summed E-state index contributed by atoms with van der Waals surface area (Å²) in [5, 5.41) is 11.6. The zero-order chi connectivity index (χ0) is 15.0. The lowest BCUT2D eigenvalue weighted by Gasteiger charge is -2.27. The molecule has 0 aliphatic rings. The third-order valence-corrected chi connectivity index (χ3v) is 3.02. The Morgan fingerprint density at radius 3 is 2.80 bits per heavy atom. The molecule has 1 heterocycles. The number of urea groups is 1. The van der Waals surface area contributed by atoms with E-state index in [0.717, 1.165) is 5.56 Å². The predicted molar refractivity (Wildman–Crippen MR) is 75.4 cm³/mol. The van der Waals surface area contributed by atoms with E-state index in [1.165, 1.54) is 4.90 Å². The van der Waals surface area contributed by atoms with Gasteiger partial charge in [0, 0.05) is 31.5 Å². The van der Waals surface area contributed by atoms with Crippen molar-refractivity contribution in [1.82, 2.24) is 15.2 Å². The van der Waals surface area contributed by atoms with Crippen LogP contribution < -0.4 is 5.32 Å². The average Bonchev–Trinajstić information content (AvgIpc) is 2.40. The monoisotopic (exact) mass is 279 g/mol. The summed E-state index contributed by atoms with van der Waals surface area (Å²) in [5.41, 5.74) is 1.05. The molecule has 0 aliphatic carbocycles. The Morgan fingerprint density at radius 2 is 2.25 bits per heavy atom. The molecule has 0 aromatic carbocycles. The fourth-order valence-electron chi connectivity index (χ4n) is 1.98. The van der Waals surface area contributed by atoms with E-state index in [0.29, 0.717) is 19.5 Å². The number of carbonyl (C=O) groups excluding carboxylic acids is 1. The number of carbonyl (C=O) groups is 2. The van der Waals surface area contributed by atoms with Crippen molar-refractivity contribution in [2.45, 2.75) is 32.7 Å². The number of pyridine rings is 1. The Hall–Kier alpha value is -2.11. The summed E-state index contributed by atoms with van der Waals surface area (Å²) in [6.45, 7) is 4.55. The van der Waals surface area contributed by atoms with Crippen LogP contribution in [0.15, 0.2) is 24.5 Å². The highest BCUT2D eigenvalue weighted by Gasteiger charge is 2.20. The summed E-state index contributed by atoms with van der Waals surface area (Å²) in [4.78, 5) is 28.2. The molecule has 6 heteroatoms. The molecule has 1 rings (SSSR count). The molecule has 0 radical (unpaired) electrons. The maximum absolute atomic E-state index is 12.0. The van der Waals surface area contributed by atoms with E-state index in [2.05, 4.69) is 10.3 Å². The van der Waals surface area contributed by atoms with Gasteiger partial charge in [0.15, 0.2) is 0 Å². The largest absolute Gasteiger partial charge is 0.481 e. The summed E-state index contributed by atoms with van der Waals surface area (Å²) in [5.74, 6) is -0.904. The Labute approximate surface area is 118 Å². The maximum atomic E-state index is 12.0. The molecule has 0 aliphatic heterocycles. The molecular weight excluding hydrogens is 258 g/mol. The van der Waals surface area contributed by atoms with E-state index in [1.54, 1.807) is 19.3 Å². The van der Waals surface area contributed by atoms with Crippen molar-refractivity contribution in [3.05, 3.63) is 30.1 Å². The van der Waals surface area contributed by atoms with Crippen LogP contribution in [-0.4, -0.2) is 46.1 Å². The lowest BCUT2D eigenvalue weighted by Crippen LogP contribution is -2.46. The first kappa shape index (κ1) is 15.9. The molecule has 20 heavy (non-hydrogen) atoms. The Kier molecular flexibility index (Phi) is 6.49. The Morgan fingerprint density at radius 1 is 1.50 bits per heavy atom. The third-order valence-electron chi connectivity index (χ3n) is 3.02. The van der Waals surface area contributed by atoms with Crippen LogP contribution in [0.3, 0.4) is 0 Å². The number of hydrogen-bond acceptors (Lipinski definition) is 3. The van der Waals surface area contributed by atoms with Gasteiger partial charge in [-0.05, 0) is 31.9 Å². The molecule has 110 valence electrons. The van der Waals surface area contributed by atoms with Crippen LogP contribution in [0.1, 0.15) is 25.8 Å². The highest BCUT2D eigenvalue weighted by molar-refractivity contribution is 5.75. The number of carboxylic acids is 1. The van der Waals surface area contributed by atoms with Crippen LogP contribution in [0.25, 0.3) is 0 Å². The zero-order valence-electron chi connectivity index (χ0n) is 11.9. The molecule has 0 saturated heterocycles. The van der Waals surface area contributed by atoms with Gasteiger partial charge in [-0.2, -0.15) is 0 Å². The van der Waals surface area contributed by atoms with Crippen molar-refractivity contribution in [3.8, 4) is 0 Å². The van der Waals surface area contributed by atoms with Crippen molar-refractivity contribution >= 4 is 12.0 Å². The molecule has 1 atom stereocenters. The van der Waals surface area contributed by atoms with Gasteiger partial charge in [-0.15, -0.1) is 0 Å². The van der Waals surface area contributed by atoms with Crippen LogP contribution in [0.5, 0.6) is 0 Å². The number of nitrogens with zero attached hydrogens (tertiary/aromatic N) is 2. The SMILES string of the molecule is CCN(C(=O)NCCc1cccnc1)C(C)CC(=O)O. The number of rotatable bonds is 7. The number of aliphatic carboxylic acids is 1.